The third-order valence-corrected chi connectivity index (χ3v) is 3.08. The van der Waals surface area contributed by atoms with Crippen molar-refractivity contribution in [2.75, 3.05) is 26.3 Å². The van der Waals surface area contributed by atoms with Gasteiger partial charge in [-0.2, -0.15) is 0 Å². The molecule has 0 saturated carbocycles. The van der Waals surface area contributed by atoms with Gasteiger partial charge in [-0.25, -0.2) is 8.78 Å². The van der Waals surface area contributed by atoms with Crippen LogP contribution in [0.15, 0.2) is 18.2 Å². The van der Waals surface area contributed by atoms with Gasteiger partial charge in [0.2, 0.25) is 0 Å². The molecule has 17 heavy (non-hydrogen) atoms. The van der Waals surface area contributed by atoms with Crippen LogP contribution in [0.1, 0.15) is 5.56 Å². The second-order valence-corrected chi connectivity index (χ2v) is 4.54. The molecule has 3 N–H and O–H groups in total. The maximum absolute atomic E-state index is 13.3. The molecule has 0 atom stereocenters. The highest BCUT2D eigenvalue weighted by Crippen LogP contribution is 2.24. The lowest BCUT2D eigenvalue weighted by Crippen LogP contribution is -2.54. The monoisotopic (exact) mass is 242 g/mol. The zero-order chi connectivity index (χ0) is 12.3. The summed E-state index contributed by atoms with van der Waals surface area (Å²) in [6.45, 7) is 2.88. The smallest absolute Gasteiger partial charge is 0.130 e. The molecule has 1 saturated heterocycles. The van der Waals surface area contributed by atoms with E-state index in [0.717, 1.165) is 6.07 Å². The molecule has 0 spiro atoms. The first kappa shape index (κ1) is 12.4. The van der Waals surface area contributed by atoms with E-state index in [1.807, 2.05) is 0 Å². The van der Waals surface area contributed by atoms with Gasteiger partial charge in [0, 0.05) is 36.7 Å². The molecule has 1 heterocycles. The van der Waals surface area contributed by atoms with Crippen molar-refractivity contribution in [3.05, 3.63) is 35.4 Å². The van der Waals surface area contributed by atoms with Crippen molar-refractivity contribution in [3.8, 4) is 0 Å². The van der Waals surface area contributed by atoms with Crippen LogP contribution in [0.5, 0.6) is 0 Å². The summed E-state index contributed by atoms with van der Waals surface area (Å²) in [7, 11) is 0. The van der Waals surface area contributed by atoms with Crippen LogP contribution in [0.2, 0.25) is 0 Å². The van der Waals surface area contributed by atoms with Crippen LogP contribution in [-0.2, 0) is 11.3 Å². The van der Waals surface area contributed by atoms with Crippen molar-refractivity contribution < 1.29 is 13.5 Å². The summed E-state index contributed by atoms with van der Waals surface area (Å²) in [6.07, 6.45) is 0. The highest BCUT2D eigenvalue weighted by Gasteiger charge is 2.36. The molecule has 0 amide bonds. The number of benzene rings is 1. The molecule has 0 unspecified atom stereocenters. The Bertz CT molecular complexity index is 389. The van der Waals surface area contributed by atoms with E-state index in [9.17, 15) is 8.78 Å². The fraction of sp³-hybridized carbons (Fsp3) is 0.500. The fourth-order valence-corrected chi connectivity index (χ4v) is 1.81. The normalized spacial score (nSPS) is 17.8. The van der Waals surface area contributed by atoms with Gasteiger partial charge in [-0.3, -0.25) is 0 Å². The van der Waals surface area contributed by atoms with Gasteiger partial charge >= 0.3 is 0 Å². The van der Waals surface area contributed by atoms with E-state index in [1.165, 1.54) is 12.1 Å². The van der Waals surface area contributed by atoms with Crippen LogP contribution in [-0.4, -0.2) is 26.3 Å². The molecule has 0 aliphatic carbocycles. The lowest BCUT2D eigenvalue weighted by molar-refractivity contribution is -0.105. The molecule has 1 aliphatic heterocycles. The predicted octanol–water partition coefficient (Wildman–Crippen LogP) is 1.03. The Morgan fingerprint density at radius 3 is 2.65 bits per heavy atom. The Morgan fingerprint density at radius 1 is 1.35 bits per heavy atom. The predicted molar refractivity (Wildman–Crippen MR) is 60.4 cm³/mol. The minimum Gasteiger partial charge on any atom is -0.380 e. The molecule has 0 aromatic heterocycles. The summed E-state index contributed by atoms with van der Waals surface area (Å²) in [5, 5.41) is 3.13. The van der Waals surface area contributed by atoms with Crippen LogP contribution in [0, 0.1) is 17.0 Å². The summed E-state index contributed by atoms with van der Waals surface area (Å²) in [5.74, 6) is -1.08. The Morgan fingerprint density at radius 2 is 2.12 bits per heavy atom. The second-order valence-electron chi connectivity index (χ2n) is 4.54. The fourth-order valence-electron chi connectivity index (χ4n) is 1.81. The Hall–Kier alpha value is -1.04. The van der Waals surface area contributed by atoms with Gasteiger partial charge < -0.3 is 15.8 Å². The molecule has 1 aromatic rings. The van der Waals surface area contributed by atoms with Gasteiger partial charge in [0.05, 0.1) is 13.2 Å². The number of nitrogens with two attached hydrogens (primary N) is 1. The van der Waals surface area contributed by atoms with Gasteiger partial charge in [-0.1, -0.05) is 6.07 Å². The first-order valence-electron chi connectivity index (χ1n) is 5.58. The molecule has 1 aromatic carbocycles. The average molecular weight is 242 g/mol. The van der Waals surface area contributed by atoms with Crippen LogP contribution in [0.25, 0.3) is 0 Å². The number of nitrogens with one attached hydrogen (secondary N) is 1. The molecule has 0 radical (unpaired) electrons. The van der Waals surface area contributed by atoms with Gasteiger partial charge in [-0.15, -0.1) is 0 Å². The Kier molecular flexibility index (Phi) is 3.71. The number of hydrogen-bond acceptors (Lipinski definition) is 3. The van der Waals surface area contributed by atoms with Crippen LogP contribution in [0.3, 0.4) is 0 Å². The summed E-state index contributed by atoms with van der Waals surface area (Å²) in [6, 6.07) is 3.59. The standard InChI is InChI=1S/C12H16F2N2O/c13-10-2-1-9(11(14)3-10)4-16-6-12(5-15)7-17-8-12/h1-3,16H,4-8,15H2. The van der Waals surface area contributed by atoms with E-state index in [4.69, 9.17) is 10.5 Å². The minimum absolute atomic E-state index is 0.0174. The lowest BCUT2D eigenvalue weighted by Gasteiger charge is -2.40. The summed E-state index contributed by atoms with van der Waals surface area (Å²) in [5.41, 5.74) is 6.09. The van der Waals surface area contributed by atoms with Gasteiger partial charge in [-0.05, 0) is 6.07 Å². The van der Waals surface area contributed by atoms with Crippen molar-refractivity contribution in [1.29, 1.82) is 0 Å². The van der Waals surface area contributed by atoms with E-state index in [1.54, 1.807) is 0 Å². The lowest BCUT2D eigenvalue weighted by atomic mass is 9.86. The van der Waals surface area contributed by atoms with Crippen molar-refractivity contribution in [2.24, 2.45) is 11.1 Å². The Balaban J connectivity index is 1.85. The van der Waals surface area contributed by atoms with Crippen LogP contribution >= 0.6 is 0 Å². The van der Waals surface area contributed by atoms with Crippen LogP contribution < -0.4 is 11.1 Å². The largest absolute Gasteiger partial charge is 0.380 e. The maximum atomic E-state index is 13.3. The summed E-state index contributed by atoms with van der Waals surface area (Å²) >= 11 is 0. The van der Waals surface area contributed by atoms with E-state index in [0.29, 0.717) is 38.4 Å². The summed E-state index contributed by atoms with van der Waals surface area (Å²) < 4.78 is 31.1. The first-order valence-corrected chi connectivity index (χ1v) is 5.58. The third-order valence-electron chi connectivity index (χ3n) is 3.08. The minimum atomic E-state index is -0.558. The molecular formula is C12H16F2N2O. The summed E-state index contributed by atoms with van der Waals surface area (Å²) in [4.78, 5) is 0. The molecule has 1 fully saturated rings. The van der Waals surface area contributed by atoms with Crippen LogP contribution in [0.4, 0.5) is 8.78 Å². The van der Waals surface area contributed by atoms with E-state index in [2.05, 4.69) is 5.32 Å². The number of halogens is 2. The zero-order valence-corrected chi connectivity index (χ0v) is 9.51. The molecular weight excluding hydrogens is 226 g/mol. The van der Waals surface area contributed by atoms with Crippen molar-refractivity contribution >= 4 is 0 Å². The highest BCUT2D eigenvalue weighted by molar-refractivity contribution is 5.18. The SMILES string of the molecule is NCC1(CNCc2ccc(F)cc2F)COC1. The van der Waals surface area contributed by atoms with Crippen molar-refractivity contribution in [2.45, 2.75) is 6.54 Å². The maximum Gasteiger partial charge on any atom is 0.130 e. The third kappa shape index (κ3) is 2.80. The van der Waals surface area contributed by atoms with Gasteiger partial charge in [0.25, 0.3) is 0 Å². The molecule has 0 bridgehead atoms. The molecule has 3 nitrogen and oxygen atoms in total. The zero-order valence-electron chi connectivity index (χ0n) is 9.51. The number of ether oxygens (including phenoxy) is 1. The quantitative estimate of drug-likeness (QED) is 0.810. The van der Waals surface area contributed by atoms with E-state index < -0.39 is 11.6 Å². The topological polar surface area (TPSA) is 47.3 Å². The number of rotatable bonds is 5. The second kappa shape index (κ2) is 5.08. The van der Waals surface area contributed by atoms with Gasteiger partial charge in [0.1, 0.15) is 11.6 Å². The van der Waals surface area contributed by atoms with E-state index in [-0.39, 0.29) is 5.41 Å². The van der Waals surface area contributed by atoms with Crippen molar-refractivity contribution in [3.63, 3.8) is 0 Å². The molecule has 5 heteroatoms. The number of hydrogen-bond donors (Lipinski definition) is 2. The average Bonchev–Trinajstić information content (AvgIpc) is 2.25. The van der Waals surface area contributed by atoms with Crippen molar-refractivity contribution in [1.82, 2.24) is 5.32 Å². The first-order chi connectivity index (χ1) is 8.15. The highest BCUT2D eigenvalue weighted by atomic mass is 19.1. The molecule has 2 rings (SSSR count). The Labute approximate surface area is 98.9 Å². The molecule has 1 aliphatic rings. The van der Waals surface area contributed by atoms with E-state index >= 15 is 0 Å². The molecule has 94 valence electrons. The van der Waals surface area contributed by atoms with Gasteiger partial charge in [0.15, 0.2) is 0 Å².